The van der Waals surface area contributed by atoms with Crippen LogP contribution in [0.5, 0.6) is 0 Å². The van der Waals surface area contributed by atoms with Crippen LogP contribution in [0.3, 0.4) is 0 Å². The van der Waals surface area contributed by atoms with Gasteiger partial charge in [-0.05, 0) is 20.8 Å². The summed E-state index contributed by atoms with van der Waals surface area (Å²) < 4.78 is 28.0. The summed E-state index contributed by atoms with van der Waals surface area (Å²) in [4.78, 5) is 0. The molecule has 0 radical (unpaired) electrons. The van der Waals surface area contributed by atoms with Crippen LogP contribution >= 0.6 is 7.60 Å². The van der Waals surface area contributed by atoms with Crippen LogP contribution in [0, 0.1) is 11.3 Å². The summed E-state index contributed by atoms with van der Waals surface area (Å²) >= 11 is 0. The number of hydrogen-bond donors (Lipinski definition) is 0. The first-order chi connectivity index (χ1) is 7.51. The second-order valence-electron chi connectivity index (χ2n) is 3.88. The van der Waals surface area contributed by atoms with Gasteiger partial charge in [0.1, 0.15) is 0 Å². The fourth-order valence-corrected chi connectivity index (χ4v) is 3.38. The molecule has 0 aliphatic carbocycles. The average molecular weight is 247 g/mol. The number of ether oxygens (including phenoxy) is 1. The first kappa shape index (κ1) is 13.7. The largest absolute Gasteiger partial charge is 0.373 e. The van der Waals surface area contributed by atoms with Gasteiger partial charge in [0.25, 0.3) is 0 Å². The van der Waals surface area contributed by atoms with Gasteiger partial charge in [-0.2, -0.15) is 5.26 Å². The molecule has 1 aliphatic rings. The molecule has 6 heteroatoms. The Kier molecular flexibility index (Phi) is 4.52. The van der Waals surface area contributed by atoms with Gasteiger partial charge in [-0.1, -0.05) is 0 Å². The maximum absolute atomic E-state index is 12.5. The Hall–Kier alpha value is -0.400. The molecule has 1 aliphatic heterocycles. The highest BCUT2D eigenvalue weighted by Crippen LogP contribution is 2.62. The van der Waals surface area contributed by atoms with Gasteiger partial charge in [-0.3, -0.25) is 4.57 Å². The van der Waals surface area contributed by atoms with Gasteiger partial charge in [0.15, 0.2) is 5.16 Å². The Morgan fingerprint density at radius 2 is 2.00 bits per heavy atom. The summed E-state index contributed by atoms with van der Waals surface area (Å²) in [5.74, 6) is 0. The Morgan fingerprint density at radius 3 is 2.31 bits per heavy atom. The van der Waals surface area contributed by atoms with Gasteiger partial charge < -0.3 is 13.8 Å². The Balaban J connectivity index is 2.86. The third-order valence-corrected chi connectivity index (χ3v) is 5.16. The number of rotatable bonds is 7. The van der Waals surface area contributed by atoms with Crippen molar-refractivity contribution in [1.29, 1.82) is 5.26 Å². The third-order valence-electron chi connectivity index (χ3n) is 2.47. The van der Waals surface area contributed by atoms with E-state index in [1.807, 2.05) is 0 Å². The summed E-state index contributed by atoms with van der Waals surface area (Å²) in [6, 6.07) is 2.07. The van der Waals surface area contributed by atoms with Crippen molar-refractivity contribution in [2.24, 2.45) is 0 Å². The molecule has 0 spiro atoms. The van der Waals surface area contributed by atoms with Crippen LogP contribution in [0.15, 0.2) is 0 Å². The molecule has 0 aromatic rings. The summed E-state index contributed by atoms with van der Waals surface area (Å²) in [5.41, 5.74) is 0. The zero-order valence-electron chi connectivity index (χ0n) is 9.93. The highest BCUT2D eigenvalue weighted by Gasteiger charge is 2.51. The van der Waals surface area contributed by atoms with Gasteiger partial charge in [0.2, 0.25) is 0 Å². The van der Waals surface area contributed by atoms with Crippen LogP contribution < -0.4 is 0 Å². The average Bonchev–Trinajstić information content (AvgIpc) is 3.02. The first-order valence-electron chi connectivity index (χ1n) is 5.43. The number of hydrogen-bond acceptors (Lipinski definition) is 5. The predicted octanol–water partition coefficient (Wildman–Crippen LogP) is 2.32. The topological polar surface area (TPSA) is 71.8 Å². The van der Waals surface area contributed by atoms with Gasteiger partial charge >= 0.3 is 7.60 Å². The minimum Gasteiger partial charge on any atom is -0.373 e. The second-order valence-corrected chi connectivity index (χ2v) is 6.38. The SMILES string of the molecule is CCOP(=O)(OCC)C(C)(C#N)CC1CO1. The van der Waals surface area contributed by atoms with Crippen LogP contribution in [0.2, 0.25) is 0 Å². The molecule has 2 atom stereocenters. The van der Waals surface area contributed by atoms with Crippen molar-refractivity contribution in [1.82, 2.24) is 0 Å². The molecule has 1 fully saturated rings. The lowest BCUT2D eigenvalue weighted by Gasteiger charge is -2.29. The molecule has 0 aromatic heterocycles. The van der Waals surface area contributed by atoms with Crippen molar-refractivity contribution in [2.45, 2.75) is 38.5 Å². The molecule has 0 saturated carbocycles. The van der Waals surface area contributed by atoms with Crippen molar-refractivity contribution < 1.29 is 18.3 Å². The Labute approximate surface area is 96.2 Å². The summed E-state index contributed by atoms with van der Waals surface area (Å²) in [7, 11) is -3.40. The molecule has 2 unspecified atom stereocenters. The van der Waals surface area contributed by atoms with E-state index in [-0.39, 0.29) is 19.3 Å². The van der Waals surface area contributed by atoms with E-state index >= 15 is 0 Å². The molecule has 1 rings (SSSR count). The molecule has 16 heavy (non-hydrogen) atoms. The normalized spacial score (nSPS) is 23.5. The molecule has 0 N–H and O–H groups in total. The van der Waals surface area contributed by atoms with E-state index in [9.17, 15) is 9.83 Å². The molecular weight excluding hydrogens is 229 g/mol. The van der Waals surface area contributed by atoms with Crippen LogP contribution in [-0.4, -0.2) is 31.1 Å². The van der Waals surface area contributed by atoms with Gasteiger partial charge in [-0.15, -0.1) is 0 Å². The number of nitrogens with zero attached hydrogens (tertiary/aromatic N) is 1. The van der Waals surface area contributed by atoms with E-state index < -0.39 is 12.8 Å². The molecule has 5 nitrogen and oxygen atoms in total. The Bertz CT molecular complexity index is 313. The minimum atomic E-state index is -3.40. The summed E-state index contributed by atoms with van der Waals surface area (Å²) in [5, 5.41) is 8.09. The number of epoxide rings is 1. The van der Waals surface area contributed by atoms with Gasteiger partial charge in [0.05, 0.1) is 32.0 Å². The fraction of sp³-hybridized carbons (Fsp3) is 0.900. The second kappa shape index (κ2) is 5.29. The van der Waals surface area contributed by atoms with E-state index in [0.29, 0.717) is 13.0 Å². The van der Waals surface area contributed by atoms with E-state index in [1.54, 1.807) is 20.8 Å². The predicted molar refractivity (Wildman–Crippen MR) is 59.2 cm³/mol. The third kappa shape index (κ3) is 2.83. The molecule has 0 bridgehead atoms. The molecule has 0 aromatic carbocycles. The van der Waals surface area contributed by atoms with Crippen molar-refractivity contribution in [2.75, 3.05) is 19.8 Å². The van der Waals surface area contributed by atoms with E-state index in [4.69, 9.17) is 13.8 Å². The van der Waals surface area contributed by atoms with Crippen LogP contribution in [0.1, 0.15) is 27.2 Å². The molecule has 92 valence electrons. The maximum Gasteiger partial charge on any atom is 0.350 e. The molecule has 1 saturated heterocycles. The lowest BCUT2D eigenvalue weighted by molar-refractivity contribution is 0.201. The van der Waals surface area contributed by atoms with Crippen molar-refractivity contribution in [3.05, 3.63) is 0 Å². The van der Waals surface area contributed by atoms with Gasteiger partial charge in [0, 0.05) is 6.42 Å². The standard InChI is InChI=1S/C10H18NO4P/c1-4-14-16(12,15-5-2)10(3,8-11)6-9-7-13-9/h9H,4-7H2,1-3H3. The summed E-state index contributed by atoms with van der Waals surface area (Å²) in [6.45, 7) is 6.23. The van der Waals surface area contributed by atoms with E-state index in [1.165, 1.54) is 0 Å². The lowest BCUT2D eigenvalue weighted by Crippen LogP contribution is -2.27. The molecular formula is C10H18NO4P. The van der Waals surface area contributed by atoms with Crippen molar-refractivity contribution in [3.63, 3.8) is 0 Å². The summed E-state index contributed by atoms with van der Waals surface area (Å²) in [6.07, 6.45) is 0.403. The molecule has 0 amide bonds. The van der Waals surface area contributed by atoms with Gasteiger partial charge in [-0.25, -0.2) is 0 Å². The maximum atomic E-state index is 12.5. The van der Waals surface area contributed by atoms with Crippen LogP contribution in [-0.2, 0) is 18.3 Å². The minimum absolute atomic E-state index is 0.0129. The first-order valence-corrected chi connectivity index (χ1v) is 6.97. The van der Waals surface area contributed by atoms with E-state index in [0.717, 1.165) is 0 Å². The zero-order chi connectivity index (χ0) is 12.2. The van der Waals surface area contributed by atoms with E-state index in [2.05, 4.69) is 6.07 Å². The lowest BCUT2D eigenvalue weighted by atomic mass is 10.1. The van der Waals surface area contributed by atoms with Crippen LogP contribution in [0.4, 0.5) is 0 Å². The van der Waals surface area contributed by atoms with Crippen molar-refractivity contribution in [3.8, 4) is 6.07 Å². The zero-order valence-corrected chi connectivity index (χ0v) is 10.8. The van der Waals surface area contributed by atoms with Crippen LogP contribution in [0.25, 0.3) is 0 Å². The van der Waals surface area contributed by atoms with Crippen molar-refractivity contribution >= 4 is 7.60 Å². The fourth-order valence-electron chi connectivity index (χ4n) is 1.51. The quantitative estimate of drug-likeness (QED) is 0.510. The monoisotopic (exact) mass is 247 g/mol. The smallest absolute Gasteiger partial charge is 0.350 e. The highest BCUT2D eigenvalue weighted by atomic mass is 31.2. The number of nitriles is 1. The molecule has 1 heterocycles. The highest BCUT2D eigenvalue weighted by molar-refractivity contribution is 7.56. The Morgan fingerprint density at radius 1 is 1.50 bits per heavy atom.